The van der Waals surface area contributed by atoms with Crippen LogP contribution in [0.25, 0.3) is 0 Å². The standard InChI is InChI=1S/C31H48O5/c1-18(2)16-28(35-20(4)32)29(36-21(5)33)19(3)23-11-12-24-22-17-27(34)26-10-8-9-14-30(26,6)25(22)13-15-31(23,24)7/h8-9,18-19,22-26,28-29H,10-17H2,1-7H3/t19-,22-,23+,24-,25-,26+,28?,29?,30+,31+/m0/s1. The Labute approximate surface area is 218 Å². The summed E-state index contributed by atoms with van der Waals surface area (Å²) in [4.78, 5) is 37.6. The van der Waals surface area contributed by atoms with E-state index in [1.54, 1.807) is 0 Å². The Hall–Kier alpha value is -1.65. The first-order chi connectivity index (χ1) is 16.9. The minimum Gasteiger partial charge on any atom is -0.459 e. The van der Waals surface area contributed by atoms with E-state index in [9.17, 15) is 14.4 Å². The molecular formula is C31H48O5. The zero-order chi connectivity index (χ0) is 26.4. The zero-order valence-corrected chi connectivity index (χ0v) is 23.5. The molecule has 0 bridgehead atoms. The number of rotatable bonds is 7. The van der Waals surface area contributed by atoms with Gasteiger partial charge in [0.15, 0.2) is 0 Å². The van der Waals surface area contributed by atoms with Gasteiger partial charge in [0.2, 0.25) is 0 Å². The molecule has 10 atom stereocenters. The molecule has 202 valence electrons. The molecule has 0 saturated heterocycles. The maximum atomic E-state index is 13.4. The van der Waals surface area contributed by atoms with Crippen molar-refractivity contribution in [2.75, 3.05) is 0 Å². The molecule has 4 aliphatic rings. The fraction of sp³-hybridized carbons (Fsp3) is 0.839. The number of carbonyl (C=O) groups excluding carboxylic acids is 3. The molecule has 0 N–H and O–H groups in total. The van der Waals surface area contributed by atoms with Crippen molar-refractivity contribution in [3.05, 3.63) is 12.2 Å². The van der Waals surface area contributed by atoms with Gasteiger partial charge in [-0.05, 0) is 85.4 Å². The predicted molar refractivity (Wildman–Crippen MR) is 140 cm³/mol. The minimum absolute atomic E-state index is 0.0730. The number of hydrogen-bond donors (Lipinski definition) is 0. The van der Waals surface area contributed by atoms with E-state index in [-0.39, 0.29) is 34.6 Å². The van der Waals surface area contributed by atoms with Gasteiger partial charge in [-0.25, -0.2) is 0 Å². The first-order valence-corrected chi connectivity index (χ1v) is 14.4. The Kier molecular flexibility index (Phi) is 7.80. The van der Waals surface area contributed by atoms with Crippen LogP contribution >= 0.6 is 0 Å². The fourth-order valence-electron chi connectivity index (χ4n) is 9.43. The van der Waals surface area contributed by atoms with Crippen LogP contribution in [0.3, 0.4) is 0 Å². The van der Waals surface area contributed by atoms with E-state index in [1.165, 1.54) is 20.3 Å². The van der Waals surface area contributed by atoms with Crippen molar-refractivity contribution >= 4 is 17.7 Å². The molecule has 0 radical (unpaired) electrons. The van der Waals surface area contributed by atoms with Crippen LogP contribution in [-0.4, -0.2) is 29.9 Å². The smallest absolute Gasteiger partial charge is 0.303 e. The highest BCUT2D eigenvalue weighted by Gasteiger charge is 2.62. The van der Waals surface area contributed by atoms with Crippen molar-refractivity contribution in [2.45, 2.75) is 112 Å². The molecule has 4 rings (SSSR count). The van der Waals surface area contributed by atoms with Gasteiger partial charge in [-0.15, -0.1) is 0 Å². The van der Waals surface area contributed by atoms with Gasteiger partial charge in [0, 0.05) is 32.1 Å². The molecule has 3 saturated carbocycles. The molecule has 0 heterocycles. The Balaban J connectivity index is 1.61. The zero-order valence-electron chi connectivity index (χ0n) is 23.5. The van der Waals surface area contributed by atoms with E-state index >= 15 is 0 Å². The summed E-state index contributed by atoms with van der Waals surface area (Å²) in [7, 11) is 0. The van der Waals surface area contributed by atoms with Crippen LogP contribution in [0.1, 0.15) is 99.8 Å². The van der Waals surface area contributed by atoms with Crippen LogP contribution in [0.15, 0.2) is 12.2 Å². The summed E-state index contributed by atoms with van der Waals surface area (Å²) in [6.45, 7) is 14.1. The lowest BCUT2D eigenvalue weighted by Crippen LogP contribution is -2.56. The van der Waals surface area contributed by atoms with Crippen LogP contribution in [-0.2, 0) is 23.9 Å². The van der Waals surface area contributed by atoms with E-state index in [0.29, 0.717) is 41.8 Å². The summed E-state index contributed by atoms with van der Waals surface area (Å²) in [5.41, 5.74) is 0.198. The number of fused-ring (bicyclic) bond motifs is 5. The SMILES string of the molecule is CC(=O)OC(CC(C)C)C(OC(C)=O)[C@@H](C)[C@H]1CC[C@H]2[C@@H]3CC(=O)[C@H]4CC=CC[C@]4(C)[C@H]3CC[C@]12C. The maximum Gasteiger partial charge on any atom is 0.303 e. The second kappa shape index (κ2) is 10.3. The van der Waals surface area contributed by atoms with Gasteiger partial charge in [-0.1, -0.05) is 46.8 Å². The monoisotopic (exact) mass is 500 g/mol. The van der Waals surface area contributed by atoms with Gasteiger partial charge in [0.1, 0.15) is 18.0 Å². The third kappa shape index (κ3) is 4.80. The quantitative estimate of drug-likeness (QED) is 0.293. The third-order valence-corrected chi connectivity index (χ3v) is 10.9. The fourth-order valence-corrected chi connectivity index (χ4v) is 9.43. The van der Waals surface area contributed by atoms with Gasteiger partial charge >= 0.3 is 11.9 Å². The number of hydrogen-bond acceptors (Lipinski definition) is 5. The van der Waals surface area contributed by atoms with E-state index < -0.39 is 12.2 Å². The molecule has 0 spiro atoms. The van der Waals surface area contributed by atoms with E-state index in [0.717, 1.165) is 38.5 Å². The van der Waals surface area contributed by atoms with Gasteiger partial charge in [-0.3, -0.25) is 14.4 Å². The van der Waals surface area contributed by atoms with Gasteiger partial charge in [0.25, 0.3) is 0 Å². The largest absolute Gasteiger partial charge is 0.459 e. The van der Waals surface area contributed by atoms with Gasteiger partial charge < -0.3 is 9.47 Å². The molecule has 0 aliphatic heterocycles. The van der Waals surface area contributed by atoms with Crippen molar-refractivity contribution in [1.29, 1.82) is 0 Å². The first-order valence-electron chi connectivity index (χ1n) is 14.4. The molecule has 5 heteroatoms. The molecular weight excluding hydrogens is 452 g/mol. The van der Waals surface area contributed by atoms with Crippen molar-refractivity contribution in [1.82, 2.24) is 0 Å². The first kappa shape index (κ1) is 27.4. The summed E-state index contributed by atoms with van der Waals surface area (Å²) in [6, 6.07) is 0. The van der Waals surface area contributed by atoms with Crippen molar-refractivity contribution in [3.8, 4) is 0 Å². The van der Waals surface area contributed by atoms with Crippen molar-refractivity contribution < 1.29 is 23.9 Å². The van der Waals surface area contributed by atoms with Crippen LogP contribution in [0.2, 0.25) is 0 Å². The summed E-state index contributed by atoms with van der Waals surface area (Å²) < 4.78 is 11.7. The summed E-state index contributed by atoms with van der Waals surface area (Å²) in [5.74, 6) is 2.36. The van der Waals surface area contributed by atoms with Crippen LogP contribution < -0.4 is 0 Å². The predicted octanol–water partition coefficient (Wildman–Crippen LogP) is 6.54. The lowest BCUT2D eigenvalue weighted by molar-refractivity contribution is -0.176. The molecule has 0 aromatic rings. The van der Waals surface area contributed by atoms with Crippen LogP contribution in [0.4, 0.5) is 0 Å². The maximum absolute atomic E-state index is 13.4. The highest BCUT2D eigenvalue weighted by atomic mass is 16.6. The minimum atomic E-state index is -0.453. The number of ketones is 1. The highest BCUT2D eigenvalue weighted by molar-refractivity contribution is 5.83. The Morgan fingerprint density at radius 2 is 1.64 bits per heavy atom. The molecule has 5 nitrogen and oxygen atoms in total. The molecule has 3 fully saturated rings. The lowest BCUT2D eigenvalue weighted by Gasteiger charge is -2.59. The van der Waals surface area contributed by atoms with E-state index in [2.05, 4.69) is 46.8 Å². The number of carbonyl (C=O) groups is 3. The molecule has 2 unspecified atom stereocenters. The highest BCUT2D eigenvalue weighted by Crippen LogP contribution is 2.67. The topological polar surface area (TPSA) is 69.7 Å². The number of allylic oxidation sites excluding steroid dienone is 2. The summed E-state index contributed by atoms with van der Waals surface area (Å²) in [5, 5.41) is 0. The number of esters is 2. The third-order valence-electron chi connectivity index (χ3n) is 10.9. The summed E-state index contributed by atoms with van der Waals surface area (Å²) >= 11 is 0. The Morgan fingerprint density at radius 3 is 2.28 bits per heavy atom. The Bertz CT molecular complexity index is 891. The molecule has 4 aliphatic carbocycles. The average Bonchev–Trinajstić information content (AvgIpc) is 3.13. The average molecular weight is 501 g/mol. The molecule has 0 aromatic carbocycles. The van der Waals surface area contributed by atoms with Crippen LogP contribution in [0, 0.1) is 52.3 Å². The van der Waals surface area contributed by atoms with E-state index in [4.69, 9.17) is 9.47 Å². The molecule has 0 amide bonds. The normalized spacial score (nSPS) is 40.0. The molecule has 0 aromatic heterocycles. The van der Waals surface area contributed by atoms with Gasteiger partial charge in [0.05, 0.1) is 0 Å². The van der Waals surface area contributed by atoms with E-state index in [1.807, 2.05) is 0 Å². The van der Waals surface area contributed by atoms with Crippen molar-refractivity contribution in [3.63, 3.8) is 0 Å². The number of ether oxygens (including phenoxy) is 2. The summed E-state index contributed by atoms with van der Waals surface area (Å²) in [6.07, 6.45) is 11.5. The second-order valence-corrected chi connectivity index (χ2v) is 13.5. The van der Waals surface area contributed by atoms with Gasteiger partial charge in [-0.2, -0.15) is 0 Å². The Morgan fingerprint density at radius 1 is 0.972 bits per heavy atom. The lowest BCUT2D eigenvalue weighted by atomic mass is 9.45. The number of Topliss-reactive ketones (excluding diaryl/α,β-unsaturated/α-hetero) is 1. The van der Waals surface area contributed by atoms with Crippen molar-refractivity contribution in [2.24, 2.45) is 52.3 Å². The van der Waals surface area contributed by atoms with Crippen LogP contribution in [0.5, 0.6) is 0 Å². The molecule has 36 heavy (non-hydrogen) atoms. The second-order valence-electron chi connectivity index (χ2n) is 13.5.